The summed E-state index contributed by atoms with van der Waals surface area (Å²) in [6, 6.07) is 5.15. The summed E-state index contributed by atoms with van der Waals surface area (Å²) in [5, 5.41) is 12.2. The number of anilines is 2. The molecule has 2 rings (SSSR count). The molecule has 0 aliphatic rings. The number of nitrogens with two attached hydrogens (primary N) is 1. The number of carbonyl (C=O) groups is 1. The van der Waals surface area contributed by atoms with Crippen molar-refractivity contribution in [2.45, 2.75) is 20.3 Å². The van der Waals surface area contributed by atoms with Crippen molar-refractivity contribution in [3.63, 3.8) is 0 Å². The second-order valence-electron chi connectivity index (χ2n) is 4.78. The van der Waals surface area contributed by atoms with E-state index in [0.29, 0.717) is 22.3 Å². The van der Waals surface area contributed by atoms with Gasteiger partial charge in [-0.3, -0.25) is 10.1 Å². The van der Waals surface area contributed by atoms with Crippen LogP contribution in [0.4, 0.5) is 10.8 Å². The van der Waals surface area contributed by atoms with Crippen molar-refractivity contribution in [3.8, 4) is 0 Å². The Kier molecular flexibility index (Phi) is 4.72. The lowest BCUT2D eigenvalue weighted by atomic mass is 10.1. The molecule has 0 spiro atoms. The summed E-state index contributed by atoms with van der Waals surface area (Å²) < 4.78 is 0.801. The Morgan fingerprint density at radius 1 is 1.45 bits per heavy atom. The molecule has 0 aliphatic carbocycles. The SMILES string of the molecule is CC(C)Cc1nnc(NC(=O)c2cc(Br)ccc2N)s1. The van der Waals surface area contributed by atoms with Crippen LogP contribution in [0.15, 0.2) is 22.7 Å². The molecule has 0 unspecified atom stereocenters. The zero-order chi connectivity index (χ0) is 14.7. The number of halogens is 1. The average molecular weight is 355 g/mol. The van der Waals surface area contributed by atoms with Crippen LogP contribution in [0.25, 0.3) is 0 Å². The highest BCUT2D eigenvalue weighted by Gasteiger charge is 2.13. The summed E-state index contributed by atoms with van der Waals surface area (Å²) in [5.41, 5.74) is 6.65. The molecule has 1 aromatic carbocycles. The Labute approximate surface area is 129 Å². The molecule has 2 aromatic rings. The van der Waals surface area contributed by atoms with Gasteiger partial charge in [0.1, 0.15) is 5.01 Å². The molecule has 0 radical (unpaired) electrons. The monoisotopic (exact) mass is 354 g/mol. The van der Waals surface area contributed by atoms with Crippen LogP contribution in [-0.4, -0.2) is 16.1 Å². The van der Waals surface area contributed by atoms with Crippen molar-refractivity contribution < 1.29 is 4.79 Å². The number of nitrogens with zero attached hydrogens (tertiary/aromatic N) is 2. The molecule has 0 bridgehead atoms. The van der Waals surface area contributed by atoms with Crippen LogP contribution < -0.4 is 11.1 Å². The predicted molar refractivity (Wildman–Crippen MR) is 85.0 cm³/mol. The van der Waals surface area contributed by atoms with Gasteiger partial charge < -0.3 is 5.73 Å². The minimum absolute atomic E-state index is 0.281. The lowest BCUT2D eigenvalue weighted by Gasteiger charge is -2.05. The molecule has 3 N–H and O–H groups in total. The van der Waals surface area contributed by atoms with E-state index in [1.807, 2.05) is 0 Å². The maximum absolute atomic E-state index is 12.1. The van der Waals surface area contributed by atoms with Crippen molar-refractivity contribution in [2.75, 3.05) is 11.1 Å². The second-order valence-corrected chi connectivity index (χ2v) is 6.76. The van der Waals surface area contributed by atoms with Gasteiger partial charge in [0, 0.05) is 16.6 Å². The number of amides is 1. The van der Waals surface area contributed by atoms with Crippen molar-refractivity contribution >= 4 is 44.0 Å². The summed E-state index contributed by atoms with van der Waals surface area (Å²) in [6.07, 6.45) is 0.854. The molecule has 1 amide bonds. The fourth-order valence-electron chi connectivity index (χ4n) is 1.63. The topological polar surface area (TPSA) is 80.9 Å². The molecule has 20 heavy (non-hydrogen) atoms. The lowest BCUT2D eigenvalue weighted by Crippen LogP contribution is -2.13. The molecule has 0 saturated carbocycles. The van der Waals surface area contributed by atoms with Crippen LogP contribution >= 0.6 is 27.3 Å². The Bertz CT molecular complexity index is 627. The summed E-state index contributed by atoms with van der Waals surface area (Å²) >= 11 is 4.71. The third-order valence-corrected chi connectivity index (χ3v) is 3.88. The quantitative estimate of drug-likeness (QED) is 0.825. The Morgan fingerprint density at radius 3 is 2.90 bits per heavy atom. The van der Waals surface area contributed by atoms with Gasteiger partial charge >= 0.3 is 0 Å². The number of carbonyl (C=O) groups excluding carboxylic acids is 1. The highest BCUT2D eigenvalue weighted by molar-refractivity contribution is 9.10. The van der Waals surface area contributed by atoms with Gasteiger partial charge in [-0.1, -0.05) is 41.1 Å². The second kappa shape index (κ2) is 6.32. The average Bonchev–Trinajstić information content (AvgIpc) is 2.78. The van der Waals surface area contributed by atoms with Crippen molar-refractivity contribution in [2.24, 2.45) is 5.92 Å². The number of rotatable bonds is 4. The molecule has 0 aliphatic heterocycles. The minimum Gasteiger partial charge on any atom is -0.398 e. The van der Waals surface area contributed by atoms with Gasteiger partial charge in [-0.2, -0.15) is 0 Å². The number of nitrogen functional groups attached to an aromatic ring is 1. The van der Waals surface area contributed by atoms with Crippen molar-refractivity contribution in [1.82, 2.24) is 10.2 Å². The van der Waals surface area contributed by atoms with E-state index in [2.05, 4.69) is 45.3 Å². The van der Waals surface area contributed by atoms with Crippen LogP contribution in [0.5, 0.6) is 0 Å². The molecular weight excluding hydrogens is 340 g/mol. The fraction of sp³-hybridized carbons (Fsp3) is 0.308. The molecule has 0 atom stereocenters. The van der Waals surface area contributed by atoms with Crippen molar-refractivity contribution in [3.05, 3.63) is 33.2 Å². The molecule has 7 heteroatoms. The first-order chi connectivity index (χ1) is 9.45. The third kappa shape index (κ3) is 3.77. The number of hydrogen-bond acceptors (Lipinski definition) is 5. The summed E-state index contributed by atoms with van der Waals surface area (Å²) in [5.74, 6) is 0.225. The molecule has 0 saturated heterocycles. The highest BCUT2D eigenvalue weighted by Crippen LogP contribution is 2.22. The van der Waals surface area contributed by atoms with Gasteiger partial charge in [0.2, 0.25) is 5.13 Å². The maximum atomic E-state index is 12.1. The van der Waals surface area contributed by atoms with Gasteiger partial charge in [-0.15, -0.1) is 10.2 Å². The van der Waals surface area contributed by atoms with Gasteiger partial charge in [0.25, 0.3) is 5.91 Å². The standard InChI is InChI=1S/C13H15BrN4OS/c1-7(2)5-11-17-18-13(20-11)16-12(19)9-6-8(14)3-4-10(9)15/h3-4,6-7H,5,15H2,1-2H3,(H,16,18,19). The number of aromatic nitrogens is 2. The first-order valence-corrected chi connectivity index (χ1v) is 7.75. The maximum Gasteiger partial charge on any atom is 0.259 e. The van der Waals surface area contributed by atoms with Crippen LogP contribution in [0.3, 0.4) is 0 Å². The smallest absolute Gasteiger partial charge is 0.259 e. The molecule has 5 nitrogen and oxygen atoms in total. The first-order valence-electron chi connectivity index (χ1n) is 6.14. The number of hydrogen-bond donors (Lipinski definition) is 2. The predicted octanol–water partition coefficient (Wildman–Crippen LogP) is 3.33. The third-order valence-electron chi connectivity index (χ3n) is 2.53. The Hall–Kier alpha value is -1.47. The van der Waals surface area contributed by atoms with E-state index < -0.39 is 0 Å². The molecular formula is C13H15BrN4OS. The number of nitrogens with one attached hydrogen (secondary N) is 1. The molecule has 1 aromatic heterocycles. The normalized spacial score (nSPS) is 10.8. The Morgan fingerprint density at radius 2 is 2.20 bits per heavy atom. The Balaban J connectivity index is 2.11. The molecule has 0 fully saturated rings. The lowest BCUT2D eigenvalue weighted by molar-refractivity contribution is 0.102. The zero-order valence-corrected chi connectivity index (χ0v) is 13.6. The highest BCUT2D eigenvalue weighted by atomic mass is 79.9. The van der Waals surface area contributed by atoms with Crippen LogP contribution in [-0.2, 0) is 6.42 Å². The van der Waals surface area contributed by atoms with Gasteiger partial charge in [0.15, 0.2) is 0 Å². The van der Waals surface area contributed by atoms with E-state index in [4.69, 9.17) is 5.73 Å². The molecule has 106 valence electrons. The van der Waals surface area contributed by atoms with E-state index >= 15 is 0 Å². The molecule has 1 heterocycles. The summed E-state index contributed by atoms with van der Waals surface area (Å²) in [4.78, 5) is 12.1. The van der Waals surface area contributed by atoms with Gasteiger partial charge in [-0.05, 0) is 24.1 Å². The van der Waals surface area contributed by atoms with E-state index in [9.17, 15) is 4.79 Å². The fourth-order valence-corrected chi connectivity index (χ4v) is 2.93. The van der Waals surface area contributed by atoms with Crippen molar-refractivity contribution in [1.29, 1.82) is 0 Å². The van der Waals surface area contributed by atoms with Crippen LogP contribution in [0.1, 0.15) is 29.2 Å². The van der Waals surface area contributed by atoms with E-state index in [1.165, 1.54) is 11.3 Å². The van der Waals surface area contributed by atoms with Crippen LogP contribution in [0, 0.1) is 5.92 Å². The van der Waals surface area contributed by atoms with E-state index in [-0.39, 0.29) is 5.91 Å². The number of benzene rings is 1. The summed E-state index contributed by atoms with van der Waals surface area (Å²) in [7, 11) is 0. The minimum atomic E-state index is -0.281. The summed E-state index contributed by atoms with van der Waals surface area (Å²) in [6.45, 7) is 4.23. The first kappa shape index (κ1) is 14.9. The van der Waals surface area contributed by atoms with Gasteiger partial charge in [-0.25, -0.2) is 0 Å². The van der Waals surface area contributed by atoms with Gasteiger partial charge in [0.05, 0.1) is 5.56 Å². The van der Waals surface area contributed by atoms with E-state index in [0.717, 1.165) is 15.9 Å². The zero-order valence-electron chi connectivity index (χ0n) is 11.2. The van der Waals surface area contributed by atoms with Crippen LogP contribution in [0.2, 0.25) is 0 Å². The van der Waals surface area contributed by atoms with E-state index in [1.54, 1.807) is 18.2 Å². The largest absolute Gasteiger partial charge is 0.398 e.